The van der Waals surface area contributed by atoms with E-state index >= 15 is 0 Å². The quantitative estimate of drug-likeness (QED) is 0.0439. The smallest absolute Gasteiger partial charge is 0.328 e. The normalized spacial score (nSPS) is 12.3. The second kappa shape index (κ2) is 23.9. The molecule has 0 spiro atoms. The van der Waals surface area contributed by atoms with Crippen molar-refractivity contribution in [2.45, 2.75) is 84.4 Å². The van der Waals surface area contributed by atoms with Crippen LogP contribution in [0.25, 0.3) is 11.3 Å². The fourth-order valence-electron chi connectivity index (χ4n) is 6.05. The monoisotopic (exact) mass is 773 g/mol. The number of hydrogen-bond donors (Lipinski definition) is 3. The Hall–Kier alpha value is -5.76. The summed E-state index contributed by atoms with van der Waals surface area (Å²) >= 11 is 0. The van der Waals surface area contributed by atoms with E-state index in [1.165, 1.54) is 20.3 Å². The van der Waals surface area contributed by atoms with Crippen molar-refractivity contribution in [1.29, 1.82) is 0 Å². The predicted molar refractivity (Wildman–Crippen MR) is 211 cm³/mol. The highest BCUT2D eigenvalue weighted by Crippen LogP contribution is 2.28. The van der Waals surface area contributed by atoms with Gasteiger partial charge < -0.3 is 30.2 Å². The summed E-state index contributed by atoms with van der Waals surface area (Å²) in [5.41, 5.74) is 2.24. The van der Waals surface area contributed by atoms with Crippen molar-refractivity contribution < 1.29 is 43.0 Å². The topological polar surface area (TPSA) is 174 Å². The average Bonchev–Trinajstić information content (AvgIpc) is 3.22. The molecule has 0 aliphatic rings. The zero-order valence-corrected chi connectivity index (χ0v) is 33.0. The number of amides is 3. The van der Waals surface area contributed by atoms with E-state index in [1.807, 2.05) is 37.3 Å². The molecule has 1 aromatic heterocycles. The average molecular weight is 774 g/mol. The van der Waals surface area contributed by atoms with Crippen LogP contribution in [0.4, 0.5) is 0 Å². The molecular formula is C42H55N5O9. The van der Waals surface area contributed by atoms with Crippen molar-refractivity contribution >= 4 is 29.7 Å². The minimum atomic E-state index is -1.09. The molecule has 14 heteroatoms. The van der Waals surface area contributed by atoms with Crippen LogP contribution in [0.3, 0.4) is 0 Å². The Labute approximate surface area is 329 Å². The number of carbonyl (C=O) groups excluding carboxylic acids is 5. The molecule has 14 nitrogen and oxygen atoms in total. The predicted octanol–water partition coefficient (Wildman–Crippen LogP) is 5.73. The van der Waals surface area contributed by atoms with Gasteiger partial charge in [-0.05, 0) is 56.0 Å². The molecule has 56 heavy (non-hydrogen) atoms. The van der Waals surface area contributed by atoms with Gasteiger partial charge in [0.25, 0.3) is 11.8 Å². The summed E-state index contributed by atoms with van der Waals surface area (Å²) in [6.45, 7) is 10.3. The number of nitrogens with zero attached hydrogens (tertiary/aromatic N) is 2. The molecule has 3 unspecified atom stereocenters. The summed E-state index contributed by atoms with van der Waals surface area (Å²) in [5.74, 6) is -2.77. The van der Waals surface area contributed by atoms with Crippen molar-refractivity contribution in [3.63, 3.8) is 0 Å². The van der Waals surface area contributed by atoms with Gasteiger partial charge in [0, 0.05) is 18.2 Å². The number of benzene rings is 2. The van der Waals surface area contributed by atoms with Crippen LogP contribution in [-0.2, 0) is 35.3 Å². The van der Waals surface area contributed by atoms with Crippen LogP contribution in [0.15, 0.2) is 79.5 Å². The van der Waals surface area contributed by atoms with E-state index in [9.17, 15) is 24.0 Å². The van der Waals surface area contributed by atoms with Gasteiger partial charge in [-0.1, -0.05) is 82.2 Å². The lowest BCUT2D eigenvalue weighted by atomic mass is 9.90. The highest BCUT2D eigenvalue weighted by Gasteiger charge is 2.31. The van der Waals surface area contributed by atoms with Gasteiger partial charge in [-0.15, -0.1) is 0 Å². The molecule has 0 saturated heterocycles. The molecule has 2 aromatic carbocycles. The Morgan fingerprint density at radius 1 is 0.875 bits per heavy atom. The SMILES string of the molecule is C=CN(OCc1ccccc1)C(CC)C(CCCCC)C(=O)NCNC(=O)c1cccc(-c2ccc(C(=O)NC(CCC(=O)OC)C(=O)OC)c(OCC)c2)n1. The first-order chi connectivity index (χ1) is 27.1. The van der Waals surface area contributed by atoms with Gasteiger partial charge in [0.2, 0.25) is 5.91 Å². The Bertz CT molecular complexity index is 1750. The van der Waals surface area contributed by atoms with Crippen LogP contribution in [0.5, 0.6) is 5.75 Å². The highest BCUT2D eigenvalue weighted by atomic mass is 16.7. The van der Waals surface area contributed by atoms with Crippen LogP contribution >= 0.6 is 0 Å². The third-order valence-corrected chi connectivity index (χ3v) is 9.04. The third kappa shape index (κ3) is 13.5. The Morgan fingerprint density at radius 3 is 2.30 bits per heavy atom. The van der Waals surface area contributed by atoms with Gasteiger partial charge in [-0.2, -0.15) is 0 Å². The first-order valence-electron chi connectivity index (χ1n) is 18.9. The molecule has 0 aliphatic heterocycles. The summed E-state index contributed by atoms with van der Waals surface area (Å²) in [7, 11) is 2.42. The lowest BCUT2D eigenvalue weighted by molar-refractivity contribution is -0.175. The van der Waals surface area contributed by atoms with Gasteiger partial charge >= 0.3 is 11.9 Å². The third-order valence-electron chi connectivity index (χ3n) is 9.04. The molecule has 0 saturated carbocycles. The molecule has 302 valence electrons. The minimum Gasteiger partial charge on any atom is -0.493 e. The summed E-state index contributed by atoms with van der Waals surface area (Å²) in [6.07, 6.45) is 5.60. The molecule has 0 bridgehead atoms. The van der Waals surface area contributed by atoms with Gasteiger partial charge in [-0.3, -0.25) is 29.1 Å². The molecular weight excluding hydrogens is 718 g/mol. The molecule has 0 aliphatic carbocycles. The van der Waals surface area contributed by atoms with E-state index in [0.717, 1.165) is 24.8 Å². The fraction of sp³-hybridized carbons (Fsp3) is 0.429. The highest BCUT2D eigenvalue weighted by molar-refractivity contribution is 6.00. The van der Waals surface area contributed by atoms with Gasteiger partial charge in [0.15, 0.2) is 0 Å². The summed E-state index contributed by atoms with van der Waals surface area (Å²) in [5, 5.41) is 9.90. The number of nitrogens with one attached hydrogen (secondary N) is 3. The summed E-state index contributed by atoms with van der Waals surface area (Å²) in [4.78, 5) is 74.8. The van der Waals surface area contributed by atoms with Crippen molar-refractivity contribution in [2.24, 2.45) is 5.92 Å². The van der Waals surface area contributed by atoms with Crippen molar-refractivity contribution in [1.82, 2.24) is 26.0 Å². The number of esters is 2. The molecule has 3 N–H and O–H groups in total. The molecule has 3 rings (SSSR count). The van der Waals surface area contributed by atoms with Crippen LogP contribution < -0.4 is 20.7 Å². The number of hydroxylamine groups is 2. The number of unbranched alkanes of at least 4 members (excludes halogenated alkanes) is 2. The first-order valence-corrected chi connectivity index (χ1v) is 18.9. The molecule has 0 radical (unpaired) electrons. The summed E-state index contributed by atoms with van der Waals surface area (Å²) in [6, 6.07) is 18.1. The zero-order chi connectivity index (χ0) is 40.9. The number of aromatic nitrogens is 1. The number of carbonyl (C=O) groups is 5. The Morgan fingerprint density at radius 2 is 1.64 bits per heavy atom. The summed E-state index contributed by atoms with van der Waals surface area (Å²) < 4.78 is 15.2. The van der Waals surface area contributed by atoms with E-state index < -0.39 is 35.7 Å². The Kier molecular flexibility index (Phi) is 19.1. The van der Waals surface area contributed by atoms with E-state index in [0.29, 0.717) is 30.7 Å². The van der Waals surface area contributed by atoms with Gasteiger partial charge in [0.1, 0.15) is 17.5 Å². The first kappa shape index (κ1) is 44.6. The largest absolute Gasteiger partial charge is 0.493 e. The van der Waals surface area contributed by atoms with Gasteiger partial charge in [0.05, 0.1) is 57.3 Å². The van der Waals surface area contributed by atoms with Crippen molar-refractivity contribution in [3.05, 3.63) is 96.3 Å². The lowest BCUT2D eigenvalue weighted by Crippen LogP contribution is -2.47. The van der Waals surface area contributed by atoms with Crippen LogP contribution in [0.1, 0.15) is 92.1 Å². The zero-order valence-electron chi connectivity index (χ0n) is 33.0. The second-order valence-electron chi connectivity index (χ2n) is 12.8. The second-order valence-corrected chi connectivity index (χ2v) is 12.8. The van der Waals surface area contributed by atoms with Crippen LogP contribution in [0, 0.1) is 5.92 Å². The standard InChI is InChI=1S/C42H55N5O9/c1-7-11-13-19-31(36(8-2)47(9-3)56-27-29-17-14-12-15-18-29)39(49)43-28-44-41(51)34-21-16-20-33(45-34)30-22-23-32(37(26-30)55-10-4)40(50)46-35(42(52)54-6)24-25-38(48)53-5/h9,12,14-18,20-23,26,31,35-36H,3,7-8,10-11,13,19,24-25,27-28H2,1-2,4-6H3,(H,43,49)(H,44,51)(H,46,50). The Balaban J connectivity index is 1.71. The number of pyridine rings is 1. The molecule has 3 amide bonds. The number of hydrogen-bond acceptors (Lipinski definition) is 11. The maximum absolute atomic E-state index is 13.7. The fourth-order valence-corrected chi connectivity index (χ4v) is 6.05. The molecule has 3 aromatic rings. The molecule has 1 heterocycles. The minimum absolute atomic E-state index is 0.0214. The maximum Gasteiger partial charge on any atom is 0.328 e. The van der Waals surface area contributed by atoms with Crippen LogP contribution in [0.2, 0.25) is 0 Å². The van der Waals surface area contributed by atoms with Crippen molar-refractivity contribution in [3.8, 4) is 17.0 Å². The van der Waals surface area contributed by atoms with Crippen LogP contribution in [-0.4, -0.2) is 79.3 Å². The van der Waals surface area contributed by atoms with E-state index in [2.05, 4.69) is 39.2 Å². The number of methoxy groups -OCH3 is 2. The molecule has 3 atom stereocenters. The molecule has 0 fully saturated rings. The van der Waals surface area contributed by atoms with E-state index in [4.69, 9.17) is 14.3 Å². The maximum atomic E-state index is 13.7. The van der Waals surface area contributed by atoms with E-state index in [-0.39, 0.29) is 55.1 Å². The van der Waals surface area contributed by atoms with Gasteiger partial charge in [-0.25, -0.2) is 9.78 Å². The van der Waals surface area contributed by atoms with Crippen molar-refractivity contribution in [2.75, 3.05) is 27.5 Å². The lowest BCUT2D eigenvalue weighted by Gasteiger charge is -2.34. The van der Waals surface area contributed by atoms with E-state index in [1.54, 1.807) is 48.5 Å². The number of rotatable bonds is 24. The number of ether oxygens (including phenoxy) is 3.